The molecule has 0 atom stereocenters. The average Bonchev–Trinajstić information content (AvgIpc) is 2.93. The Hall–Kier alpha value is -1.91. The quantitative estimate of drug-likeness (QED) is 0.772. The van der Waals surface area contributed by atoms with Gasteiger partial charge in [0.2, 0.25) is 5.95 Å². The fourth-order valence-electron chi connectivity index (χ4n) is 1.78. The van der Waals surface area contributed by atoms with Crippen LogP contribution in [0.4, 0.5) is 5.95 Å². The van der Waals surface area contributed by atoms with Crippen LogP contribution in [0, 0.1) is 0 Å². The molecular formula is C14H10ClN3S. The zero-order valence-corrected chi connectivity index (χ0v) is 11.4. The van der Waals surface area contributed by atoms with Gasteiger partial charge in [0.1, 0.15) is 0 Å². The van der Waals surface area contributed by atoms with Gasteiger partial charge in [-0.25, -0.2) is 9.97 Å². The SMILES string of the molecule is Nc1nc(-c2ccc(Cl)cc2)cc(-c2cccs2)n1. The topological polar surface area (TPSA) is 51.8 Å². The maximum absolute atomic E-state index is 5.89. The largest absolute Gasteiger partial charge is 0.368 e. The minimum absolute atomic E-state index is 0.274. The molecule has 2 aromatic heterocycles. The van der Waals surface area contributed by atoms with Crippen molar-refractivity contribution >= 4 is 28.9 Å². The van der Waals surface area contributed by atoms with E-state index in [0.29, 0.717) is 5.02 Å². The van der Waals surface area contributed by atoms with E-state index in [1.807, 2.05) is 47.8 Å². The highest BCUT2D eigenvalue weighted by atomic mass is 35.5. The molecule has 2 heterocycles. The van der Waals surface area contributed by atoms with Crippen molar-refractivity contribution in [1.29, 1.82) is 0 Å². The number of anilines is 1. The van der Waals surface area contributed by atoms with Crippen molar-refractivity contribution in [3.8, 4) is 21.8 Å². The number of rotatable bonds is 2. The van der Waals surface area contributed by atoms with Crippen LogP contribution >= 0.6 is 22.9 Å². The summed E-state index contributed by atoms with van der Waals surface area (Å²) in [6.07, 6.45) is 0. The Morgan fingerprint density at radius 3 is 2.42 bits per heavy atom. The van der Waals surface area contributed by atoms with Crippen molar-refractivity contribution in [2.75, 3.05) is 5.73 Å². The summed E-state index contributed by atoms with van der Waals surface area (Å²) in [7, 11) is 0. The van der Waals surface area contributed by atoms with Crippen LogP contribution in [0.2, 0.25) is 5.02 Å². The first-order valence-corrected chi connectivity index (χ1v) is 6.92. The molecule has 0 bridgehead atoms. The molecule has 0 aliphatic carbocycles. The van der Waals surface area contributed by atoms with Gasteiger partial charge in [0.25, 0.3) is 0 Å². The number of hydrogen-bond acceptors (Lipinski definition) is 4. The Kier molecular flexibility index (Phi) is 3.19. The van der Waals surface area contributed by atoms with Crippen LogP contribution in [0.3, 0.4) is 0 Å². The second kappa shape index (κ2) is 4.99. The summed E-state index contributed by atoms with van der Waals surface area (Å²) in [4.78, 5) is 9.62. The lowest BCUT2D eigenvalue weighted by atomic mass is 10.1. The van der Waals surface area contributed by atoms with E-state index in [-0.39, 0.29) is 5.95 Å². The number of thiophene rings is 1. The highest BCUT2D eigenvalue weighted by Crippen LogP contribution is 2.27. The molecule has 2 N–H and O–H groups in total. The zero-order chi connectivity index (χ0) is 13.2. The molecule has 0 aliphatic rings. The van der Waals surface area contributed by atoms with Crippen LogP contribution < -0.4 is 5.73 Å². The van der Waals surface area contributed by atoms with Gasteiger partial charge in [-0.05, 0) is 29.6 Å². The van der Waals surface area contributed by atoms with Crippen LogP contribution in [0.25, 0.3) is 21.8 Å². The second-order valence-electron chi connectivity index (χ2n) is 3.98. The normalized spacial score (nSPS) is 10.6. The number of halogens is 1. The van der Waals surface area contributed by atoms with Gasteiger partial charge in [-0.15, -0.1) is 11.3 Å². The molecule has 3 aromatic rings. The number of benzene rings is 1. The van der Waals surface area contributed by atoms with Crippen LogP contribution in [-0.4, -0.2) is 9.97 Å². The van der Waals surface area contributed by atoms with Gasteiger partial charge in [0, 0.05) is 10.6 Å². The lowest BCUT2D eigenvalue weighted by molar-refractivity contribution is 1.20. The van der Waals surface area contributed by atoms with Crippen molar-refractivity contribution < 1.29 is 0 Å². The average molecular weight is 288 g/mol. The van der Waals surface area contributed by atoms with Gasteiger partial charge in [0.15, 0.2) is 0 Å². The molecule has 5 heteroatoms. The summed E-state index contributed by atoms with van der Waals surface area (Å²) < 4.78 is 0. The maximum atomic E-state index is 5.89. The summed E-state index contributed by atoms with van der Waals surface area (Å²) in [6, 6.07) is 13.4. The third-order valence-corrected chi connectivity index (χ3v) is 3.80. The second-order valence-corrected chi connectivity index (χ2v) is 5.36. The van der Waals surface area contributed by atoms with Crippen molar-refractivity contribution in [2.24, 2.45) is 0 Å². The Balaban J connectivity index is 2.10. The molecule has 0 radical (unpaired) electrons. The van der Waals surface area contributed by atoms with Gasteiger partial charge >= 0.3 is 0 Å². The molecule has 0 unspecified atom stereocenters. The van der Waals surface area contributed by atoms with Crippen molar-refractivity contribution in [1.82, 2.24) is 9.97 Å². The Morgan fingerprint density at radius 1 is 1.00 bits per heavy atom. The predicted molar refractivity (Wildman–Crippen MR) is 80.2 cm³/mol. The maximum Gasteiger partial charge on any atom is 0.221 e. The fraction of sp³-hybridized carbons (Fsp3) is 0. The minimum atomic E-state index is 0.274. The van der Waals surface area contributed by atoms with E-state index in [0.717, 1.165) is 21.8 Å². The van der Waals surface area contributed by atoms with Crippen LogP contribution in [0.1, 0.15) is 0 Å². The highest BCUT2D eigenvalue weighted by Gasteiger charge is 2.07. The predicted octanol–water partition coefficient (Wildman–Crippen LogP) is 4.11. The zero-order valence-electron chi connectivity index (χ0n) is 9.88. The fourth-order valence-corrected chi connectivity index (χ4v) is 2.60. The standard InChI is InChI=1S/C14H10ClN3S/c15-10-5-3-9(4-6-10)11-8-12(18-14(16)17-11)13-2-1-7-19-13/h1-8H,(H2,16,17,18). The molecule has 1 aromatic carbocycles. The summed E-state index contributed by atoms with van der Waals surface area (Å²) in [6.45, 7) is 0. The number of nitrogens with zero attached hydrogens (tertiary/aromatic N) is 2. The van der Waals surface area contributed by atoms with E-state index in [1.165, 1.54) is 0 Å². The van der Waals surface area contributed by atoms with Gasteiger partial charge in [-0.2, -0.15) is 0 Å². The number of nitrogen functional groups attached to an aromatic ring is 1. The van der Waals surface area contributed by atoms with E-state index >= 15 is 0 Å². The third kappa shape index (κ3) is 2.59. The van der Waals surface area contributed by atoms with Gasteiger partial charge in [0.05, 0.1) is 16.3 Å². The van der Waals surface area contributed by atoms with E-state index in [2.05, 4.69) is 9.97 Å². The molecule has 0 amide bonds. The van der Waals surface area contributed by atoms with Crippen LogP contribution in [0.5, 0.6) is 0 Å². The molecule has 0 saturated carbocycles. The molecule has 3 nitrogen and oxygen atoms in total. The molecule has 0 spiro atoms. The Morgan fingerprint density at radius 2 is 1.74 bits per heavy atom. The number of hydrogen-bond donors (Lipinski definition) is 1. The molecule has 19 heavy (non-hydrogen) atoms. The van der Waals surface area contributed by atoms with Crippen LogP contribution in [-0.2, 0) is 0 Å². The van der Waals surface area contributed by atoms with E-state index in [4.69, 9.17) is 17.3 Å². The molecule has 3 rings (SSSR count). The first-order valence-electron chi connectivity index (χ1n) is 5.67. The monoisotopic (exact) mass is 287 g/mol. The summed E-state index contributed by atoms with van der Waals surface area (Å²) in [5, 5.41) is 2.71. The van der Waals surface area contributed by atoms with E-state index in [9.17, 15) is 0 Å². The summed E-state index contributed by atoms with van der Waals surface area (Å²) >= 11 is 7.51. The number of nitrogens with two attached hydrogens (primary N) is 1. The van der Waals surface area contributed by atoms with Crippen molar-refractivity contribution in [3.05, 3.63) is 52.9 Å². The molecule has 0 aliphatic heterocycles. The van der Waals surface area contributed by atoms with Gasteiger partial charge in [-0.1, -0.05) is 29.8 Å². The minimum Gasteiger partial charge on any atom is -0.368 e. The highest BCUT2D eigenvalue weighted by molar-refractivity contribution is 7.13. The summed E-state index contributed by atoms with van der Waals surface area (Å²) in [5.74, 6) is 0.274. The van der Waals surface area contributed by atoms with Crippen LogP contribution in [0.15, 0.2) is 47.8 Å². The lowest BCUT2D eigenvalue weighted by Crippen LogP contribution is -1.97. The number of aromatic nitrogens is 2. The van der Waals surface area contributed by atoms with Gasteiger partial charge in [-0.3, -0.25) is 0 Å². The molecule has 0 saturated heterocycles. The molecule has 0 fully saturated rings. The summed E-state index contributed by atoms with van der Waals surface area (Å²) in [5.41, 5.74) is 8.40. The van der Waals surface area contributed by atoms with Gasteiger partial charge < -0.3 is 5.73 Å². The Labute approximate surface area is 119 Å². The van der Waals surface area contributed by atoms with Crippen molar-refractivity contribution in [2.45, 2.75) is 0 Å². The first-order chi connectivity index (χ1) is 9.22. The first kappa shape index (κ1) is 12.1. The van der Waals surface area contributed by atoms with Crippen molar-refractivity contribution in [3.63, 3.8) is 0 Å². The smallest absolute Gasteiger partial charge is 0.221 e. The lowest BCUT2D eigenvalue weighted by Gasteiger charge is -2.05. The van der Waals surface area contributed by atoms with E-state index < -0.39 is 0 Å². The molecule has 94 valence electrons. The molecular weight excluding hydrogens is 278 g/mol. The van der Waals surface area contributed by atoms with E-state index in [1.54, 1.807) is 11.3 Å². The Bertz CT molecular complexity index is 693. The third-order valence-electron chi connectivity index (χ3n) is 2.66.